The summed E-state index contributed by atoms with van der Waals surface area (Å²) in [7, 11) is -0.963. The average molecular weight is 607 g/mol. The second kappa shape index (κ2) is 13.9. The zero-order valence-corrected chi connectivity index (χ0v) is 25.0. The van der Waals surface area contributed by atoms with Gasteiger partial charge in [-0.05, 0) is 78.7 Å². The molecule has 0 radical (unpaired) electrons. The van der Waals surface area contributed by atoms with Crippen molar-refractivity contribution in [3.05, 3.63) is 107 Å². The van der Waals surface area contributed by atoms with Gasteiger partial charge in [0.2, 0.25) is 0 Å². The van der Waals surface area contributed by atoms with Crippen molar-refractivity contribution in [2.24, 2.45) is 0 Å². The third-order valence-corrected chi connectivity index (χ3v) is 7.77. The molecule has 0 saturated carbocycles. The second-order valence-corrected chi connectivity index (χ2v) is 11.8. The first-order valence-corrected chi connectivity index (χ1v) is 15.8. The van der Waals surface area contributed by atoms with E-state index in [0.717, 1.165) is 46.3 Å². The molecule has 218 valence electrons. The van der Waals surface area contributed by atoms with E-state index < -0.39 is 10.8 Å². The molecule has 0 aliphatic rings. The lowest BCUT2D eigenvalue weighted by Gasteiger charge is -2.15. The van der Waals surface area contributed by atoms with Crippen LogP contribution in [0.2, 0.25) is 5.02 Å². The fraction of sp³-hybridized carbons (Fsp3) is 0.250. The number of benzene rings is 3. The smallest absolute Gasteiger partial charge is 0.138 e. The van der Waals surface area contributed by atoms with Gasteiger partial charge < -0.3 is 19.8 Å². The SMILES string of the molecule is CCCNC(CS(C)=O)c1ccc(-c2ccc3ncnc(NCc4ccc(OCc5cccc(F)c5)c(Cl)c4)c3c2)o1. The van der Waals surface area contributed by atoms with Crippen LogP contribution in [0.5, 0.6) is 5.75 Å². The summed E-state index contributed by atoms with van der Waals surface area (Å²) in [6.07, 6.45) is 4.20. The molecule has 10 heteroatoms. The zero-order valence-electron chi connectivity index (χ0n) is 23.4. The van der Waals surface area contributed by atoms with E-state index >= 15 is 0 Å². The zero-order chi connectivity index (χ0) is 29.5. The minimum absolute atomic E-state index is 0.115. The van der Waals surface area contributed by atoms with Crippen LogP contribution >= 0.6 is 11.6 Å². The Kier molecular flexibility index (Phi) is 9.84. The molecular weight excluding hydrogens is 575 g/mol. The first-order valence-electron chi connectivity index (χ1n) is 13.7. The van der Waals surface area contributed by atoms with E-state index in [-0.39, 0.29) is 18.5 Å². The van der Waals surface area contributed by atoms with E-state index in [2.05, 4.69) is 27.5 Å². The van der Waals surface area contributed by atoms with Crippen molar-refractivity contribution in [2.45, 2.75) is 32.5 Å². The van der Waals surface area contributed by atoms with Crippen molar-refractivity contribution >= 4 is 39.1 Å². The molecule has 0 aliphatic heterocycles. The lowest BCUT2D eigenvalue weighted by Crippen LogP contribution is -2.26. The first kappa shape index (κ1) is 29.7. The van der Waals surface area contributed by atoms with Crippen molar-refractivity contribution in [1.82, 2.24) is 15.3 Å². The molecule has 2 aromatic heterocycles. The van der Waals surface area contributed by atoms with Gasteiger partial charge in [-0.2, -0.15) is 0 Å². The molecule has 2 atom stereocenters. The Bertz CT molecular complexity index is 1700. The van der Waals surface area contributed by atoms with Crippen molar-refractivity contribution in [3.63, 3.8) is 0 Å². The molecule has 5 rings (SSSR count). The van der Waals surface area contributed by atoms with Crippen LogP contribution in [-0.2, 0) is 24.0 Å². The lowest BCUT2D eigenvalue weighted by molar-refractivity contribution is 0.305. The van der Waals surface area contributed by atoms with Crippen molar-refractivity contribution in [2.75, 3.05) is 23.9 Å². The summed E-state index contributed by atoms with van der Waals surface area (Å²) >= 11 is 6.49. The number of hydrogen-bond acceptors (Lipinski definition) is 7. The van der Waals surface area contributed by atoms with E-state index in [1.54, 1.807) is 24.5 Å². The van der Waals surface area contributed by atoms with Crippen LogP contribution in [0.25, 0.3) is 22.2 Å². The summed E-state index contributed by atoms with van der Waals surface area (Å²) < 4.78 is 37.4. The number of anilines is 1. The highest BCUT2D eigenvalue weighted by molar-refractivity contribution is 7.84. The van der Waals surface area contributed by atoms with Gasteiger partial charge in [-0.25, -0.2) is 14.4 Å². The molecule has 0 fully saturated rings. The van der Waals surface area contributed by atoms with Gasteiger partial charge in [-0.1, -0.05) is 36.7 Å². The van der Waals surface area contributed by atoms with Crippen LogP contribution in [0.3, 0.4) is 0 Å². The van der Waals surface area contributed by atoms with E-state index in [1.807, 2.05) is 42.5 Å². The van der Waals surface area contributed by atoms with Crippen molar-refractivity contribution in [1.29, 1.82) is 0 Å². The van der Waals surface area contributed by atoms with Gasteiger partial charge in [-0.15, -0.1) is 0 Å². The van der Waals surface area contributed by atoms with Crippen LogP contribution in [0.1, 0.15) is 36.3 Å². The summed E-state index contributed by atoms with van der Waals surface area (Å²) in [5.41, 5.74) is 3.35. The van der Waals surface area contributed by atoms with Gasteiger partial charge in [0.05, 0.1) is 16.6 Å². The standard InChI is InChI=1S/C32H32ClFN4O3S/c1-3-13-35-28(19-42(2)39)31-12-11-29(41-31)23-8-9-27-25(16-23)32(38-20-37-27)36-17-21-7-10-30(26(33)15-21)40-18-22-5-4-6-24(34)14-22/h4-12,14-16,20,28,35H,3,13,17-19H2,1-2H3,(H,36,37,38). The molecule has 0 bridgehead atoms. The summed E-state index contributed by atoms with van der Waals surface area (Å²) in [5, 5.41) is 8.14. The number of fused-ring (bicyclic) bond motifs is 1. The normalized spacial score (nSPS) is 12.8. The van der Waals surface area contributed by atoms with Crippen molar-refractivity contribution in [3.8, 4) is 17.1 Å². The summed E-state index contributed by atoms with van der Waals surface area (Å²) in [6, 6.07) is 21.5. The predicted octanol–water partition coefficient (Wildman–Crippen LogP) is 7.29. The Hall–Kier alpha value is -3.79. The van der Waals surface area contributed by atoms with Crippen LogP contribution < -0.4 is 15.4 Å². The highest BCUT2D eigenvalue weighted by Gasteiger charge is 2.18. The maximum absolute atomic E-state index is 13.4. The van der Waals surface area contributed by atoms with E-state index in [0.29, 0.717) is 34.6 Å². The number of halogens is 2. The van der Waals surface area contributed by atoms with Gasteiger partial charge >= 0.3 is 0 Å². The summed E-state index contributed by atoms with van der Waals surface area (Å²) in [5.74, 6) is 2.86. The fourth-order valence-corrected chi connectivity index (χ4v) is 5.60. The predicted molar refractivity (Wildman–Crippen MR) is 167 cm³/mol. The first-order chi connectivity index (χ1) is 20.4. The van der Waals surface area contributed by atoms with E-state index in [9.17, 15) is 8.60 Å². The third-order valence-electron chi connectivity index (χ3n) is 6.67. The van der Waals surface area contributed by atoms with E-state index in [1.165, 1.54) is 18.5 Å². The third kappa shape index (κ3) is 7.53. The number of aromatic nitrogens is 2. The number of ether oxygens (including phenoxy) is 1. The number of furan rings is 1. The van der Waals surface area contributed by atoms with Gasteiger partial charge in [-0.3, -0.25) is 4.21 Å². The Morgan fingerprint density at radius 3 is 2.71 bits per heavy atom. The molecule has 0 saturated heterocycles. The molecule has 5 aromatic rings. The highest BCUT2D eigenvalue weighted by Crippen LogP contribution is 2.31. The van der Waals surface area contributed by atoms with Gasteiger partial charge in [0.1, 0.15) is 41.8 Å². The molecule has 0 spiro atoms. The second-order valence-electron chi connectivity index (χ2n) is 9.94. The van der Waals surface area contributed by atoms with E-state index in [4.69, 9.17) is 20.8 Å². The minimum Gasteiger partial charge on any atom is -0.487 e. The Labute approximate surface area is 251 Å². The van der Waals surface area contributed by atoms with Gasteiger partial charge in [0, 0.05) is 40.3 Å². The molecule has 42 heavy (non-hydrogen) atoms. The van der Waals surface area contributed by atoms with Crippen LogP contribution in [0.15, 0.2) is 83.5 Å². The monoisotopic (exact) mass is 606 g/mol. The molecule has 2 heterocycles. The topological polar surface area (TPSA) is 89.3 Å². The minimum atomic E-state index is -0.963. The fourth-order valence-electron chi connectivity index (χ4n) is 4.59. The molecule has 0 aliphatic carbocycles. The molecule has 7 nitrogen and oxygen atoms in total. The van der Waals surface area contributed by atoms with Crippen LogP contribution in [0.4, 0.5) is 10.2 Å². The number of rotatable bonds is 13. The highest BCUT2D eigenvalue weighted by atomic mass is 35.5. The Balaban J connectivity index is 1.30. The number of nitrogens with zero attached hydrogens (tertiary/aromatic N) is 2. The van der Waals surface area contributed by atoms with Gasteiger partial charge in [0.15, 0.2) is 0 Å². The summed E-state index contributed by atoms with van der Waals surface area (Å²) in [6.45, 7) is 3.61. The van der Waals surface area contributed by atoms with Gasteiger partial charge in [0.25, 0.3) is 0 Å². The lowest BCUT2D eigenvalue weighted by atomic mass is 10.1. The Morgan fingerprint density at radius 2 is 1.93 bits per heavy atom. The molecule has 2 unspecified atom stereocenters. The molecular formula is C32H32ClFN4O3S. The average Bonchev–Trinajstić information content (AvgIpc) is 3.48. The van der Waals surface area contributed by atoms with Crippen LogP contribution in [-0.4, -0.2) is 32.7 Å². The maximum Gasteiger partial charge on any atom is 0.138 e. The molecule has 0 amide bonds. The number of nitrogens with one attached hydrogen (secondary N) is 2. The molecule has 3 aromatic carbocycles. The molecule has 2 N–H and O–H groups in total. The maximum atomic E-state index is 13.4. The van der Waals surface area contributed by atoms with Crippen LogP contribution in [0, 0.1) is 5.82 Å². The Morgan fingerprint density at radius 1 is 1.05 bits per heavy atom. The quantitative estimate of drug-likeness (QED) is 0.145. The number of hydrogen-bond donors (Lipinski definition) is 2. The summed E-state index contributed by atoms with van der Waals surface area (Å²) in [4.78, 5) is 8.90. The largest absolute Gasteiger partial charge is 0.487 e. The van der Waals surface area contributed by atoms with Crippen molar-refractivity contribution < 1.29 is 17.8 Å².